The van der Waals surface area contributed by atoms with Crippen LogP contribution in [0.15, 0.2) is 0 Å². The lowest BCUT2D eigenvalue weighted by atomic mass is 9.99. The molecule has 0 fully saturated rings. The molecule has 5 heteroatoms. The van der Waals surface area contributed by atoms with Gasteiger partial charge in [-0.25, -0.2) is 9.59 Å². The minimum atomic E-state index is -0.980. The molecular formula is C13H26N2O3. The molecule has 0 radical (unpaired) electrons. The minimum Gasteiger partial charge on any atom is -0.480 e. The van der Waals surface area contributed by atoms with Gasteiger partial charge in [0.2, 0.25) is 0 Å². The Labute approximate surface area is 109 Å². The van der Waals surface area contributed by atoms with Gasteiger partial charge >= 0.3 is 12.0 Å². The third kappa shape index (κ3) is 7.14. The molecule has 0 aromatic heterocycles. The summed E-state index contributed by atoms with van der Waals surface area (Å²) in [7, 11) is 0. The number of carboxylic acids is 1. The van der Waals surface area contributed by atoms with Crippen molar-refractivity contribution in [2.75, 3.05) is 0 Å². The van der Waals surface area contributed by atoms with Crippen LogP contribution in [0.5, 0.6) is 0 Å². The molecule has 0 saturated heterocycles. The van der Waals surface area contributed by atoms with Crippen molar-refractivity contribution in [2.45, 2.75) is 71.4 Å². The Morgan fingerprint density at radius 2 is 1.83 bits per heavy atom. The van der Waals surface area contributed by atoms with Gasteiger partial charge in [-0.05, 0) is 26.7 Å². The van der Waals surface area contributed by atoms with Crippen molar-refractivity contribution in [3.63, 3.8) is 0 Å². The van der Waals surface area contributed by atoms with Crippen molar-refractivity contribution >= 4 is 12.0 Å². The van der Waals surface area contributed by atoms with Gasteiger partial charge < -0.3 is 15.7 Å². The van der Waals surface area contributed by atoms with E-state index in [1.807, 2.05) is 27.7 Å². The maximum atomic E-state index is 11.7. The molecule has 0 bridgehead atoms. The molecule has 0 saturated carbocycles. The minimum absolute atomic E-state index is 0.313. The van der Waals surface area contributed by atoms with E-state index in [9.17, 15) is 9.59 Å². The molecule has 0 heterocycles. The number of amides is 2. The van der Waals surface area contributed by atoms with Crippen LogP contribution in [0.25, 0.3) is 0 Å². The van der Waals surface area contributed by atoms with E-state index in [0.29, 0.717) is 6.42 Å². The Morgan fingerprint density at radius 3 is 2.28 bits per heavy atom. The van der Waals surface area contributed by atoms with Gasteiger partial charge in [0.15, 0.2) is 0 Å². The van der Waals surface area contributed by atoms with E-state index < -0.39 is 18.0 Å². The predicted octanol–water partition coefficient (Wildman–Crippen LogP) is 2.51. The Balaban J connectivity index is 4.29. The van der Waals surface area contributed by atoms with Crippen LogP contribution < -0.4 is 10.6 Å². The smallest absolute Gasteiger partial charge is 0.326 e. The maximum Gasteiger partial charge on any atom is 0.326 e. The van der Waals surface area contributed by atoms with E-state index >= 15 is 0 Å². The quantitative estimate of drug-likeness (QED) is 0.626. The van der Waals surface area contributed by atoms with Crippen LogP contribution in [0.2, 0.25) is 0 Å². The van der Waals surface area contributed by atoms with E-state index in [2.05, 4.69) is 10.6 Å². The highest BCUT2D eigenvalue weighted by molar-refractivity contribution is 5.82. The van der Waals surface area contributed by atoms with Crippen LogP contribution in [0.1, 0.15) is 59.8 Å². The number of hydrogen-bond acceptors (Lipinski definition) is 2. The average Bonchev–Trinajstić information content (AvgIpc) is 2.22. The summed E-state index contributed by atoms with van der Waals surface area (Å²) in [5.74, 6) is -0.980. The zero-order valence-corrected chi connectivity index (χ0v) is 11.9. The highest BCUT2D eigenvalue weighted by Gasteiger charge is 2.23. The van der Waals surface area contributed by atoms with E-state index in [4.69, 9.17) is 5.11 Å². The molecule has 1 atom stereocenters. The highest BCUT2D eigenvalue weighted by Crippen LogP contribution is 2.10. The first-order chi connectivity index (χ1) is 8.32. The molecule has 0 aromatic rings. The van der Waals surface area contributed by atoms with Crippen LogP contribution >= 0.6 is 0 Å². The lowest BCUT2D eigenvalue weighted by Gasteiger charge is -2.27. The molecule has 0 aliphatic carbocycles. The number of aliphatic carboxylic acids is 1. The molecular weight excluding hydrogens is 232 g/mol. The molecule has 0 aromatic carbocycles. The Morgan fingerprint density at radius 1 is 1.22 bits per heavy atom. The van der Waals surface area contributed by atoms with Gasteiger partial charge in [0, 0.05) is 5.54 Å². The van der Waals surface area contributed by atoms with E-state index in [0.717, 1.165) is 25.7 Å². The third-order valence-electron chi connectivity index (χ3n) is 2.78. The standard InChI is InChI=1S/C13H26N2O3/c1-5-7-8-10(11(16)17)14-12(18)15-13(3,4)9-6-2/h10H,5-9H2,1-4H3,(H,16,17)(H2,14,15,18). The molecule has 5 nitrogen and oxygen atoms in total. The number of urea groups is 1. The molecule has 0 aliphatic heterocycles. The molecule has 3 N–H and O–H groups in total. The fraction of sp³-hybridized carbons (Fsp3) is 0.846. The number of nitrogens with one attached hydrogen (secondary N) is 2. The van der Waals surface area contributed by atoms with Crippen LogP contribution in [0.3, 0.4) is 0 Å². The number of carboxylic acid groups (broad SMARTS) is 1. The number of hydrogen-bond donors (Lipinski definition) is 3. The van der Waals surface area contributed by atoms with Crippen molar-refractivity contribution < 1.29 is 14.7 Å². The van der Waals surface area contributed by atoms with Crippen LogP contribution in [-0.4, -0.2) is 28.7 Å². The summed E-state index contributed by atoms with van der Waals surface area (Å²) in [5.41, 5.74) is -0.313. The molecule has 18 heavy (non-hydrogen) atoms. The molecule has 0 spiro atoms. The fourth-order valence-corrected chi connectivity index (χ4v) is 1.85. The number of carbonyl (C=O) groups is 2. The lowest BCUT2D eigenvalue weighted by molar-refractivity contribution is -0.139. The zero-order chi connectivity index (χ0) is 14.2. The topological polar surface area (TPSA) is 78.4 Å². The first-order valence-electron chi connectivity index (χ1n) is 6.64. The van der Waals surface area contributed by atoms with Crippen molar-refractivity contribution in [2.24, 2.45) is 0 Å². The normalized spacial score (nSPS) is 12.9. The Bertz CT molecular complexity index is 277. The monoisotopic (exact) mass is 258 g/mol. The highest BCUT2D eigenvalue weighted by atomic mass is 16.4. The number of unbranched alkanes of at least 4 members (excludes halogenated alkanes) is 1. The van der Waals surface area contributed by atoms with E-state index in [-0.39, 0.29) is 5.54 Å². The van der Waals surface area contributed by atoms with Gasteiger partial charge in [-0.3, -0.25) is 0 Å². The summed E-state index contributed by atoms with van der Waals surface area (Å²) < 4.78 is 0. The van der Waals surface area contributed by atoms with Crippen molar-refractivity contribution in [1.29, 1.82) is 0 Å². The van der Waals surface area contributed by atoms with Crippen molar-refractivity contribution in [1.82, 2.24) is 10.6 Å². The number of carbonyl (C=O) groups excluding carboxylic acids is 1. The van der Waals surface area contributed by atoms with Crippen LogP contribution in [0, 0.1) is 0 Å². The van der Waals surface area contributed by atoms with Gasteiger partial charge in [0.1, 0.15) is 6.04 Å². The Hall–Kier alpha value is -1.26. The first kappa shape index (κ1) is 16.7. The molecule has 2 amide bonds. The van der Waals surface area contributed by atoms with Gasteiger partial charge in [0.25, 0.3) is 0 Å². The first-order valence-corrected chi connectivity index (χ1v) is 6.64. The maximum absolute atomic E-state index is 11.7. The second-order valence-corrected chi connectivity index (χ2v) is 5.27. The summed E-state index contributed by atoms with van der Waals surface area (Å²) in [6.45, 7) is 7.89. The summed E-state index contributed by atoms with van der Waals surface area (Å²) in [6, 6.07) is -1.21. The second-order valence-electron chi connectivity index (χ2n) is 5.27. The third-order valence-corrected chi connectivity index (χ3v) is 2.78. The molecule has 0 aliphatic rings. The number of rotatable bonds is 8. The van der Waals surface area contributed by atoms with E-state index in [1.54, 1.807) is 0 Å². The SMILES string of the molecule is CCCCC(NC(=O)NC(C)(C)CCC)C(=O)O. The molecule has 106 valence electrons. The summed E-state index contributed by atoms with van der Waals surface area (Å²) >= 11 is 0. The second kappa shape index (κ2) is 7.95. The summed E-state index contributed by atoms with van der Waals surface area (Å²) in [4.78, 5) is 22.7. The van der Waals surface area contributed by atoms with Gasteiger partial charge in [-0.2, -0.15) is 0 Å². The zero-order valence-electron chi connectivity index (χ0n) is 11.9. The van der Waals surface area contributed by atoms with Crippen LogP contribution in [0.4, 0.5) is 4.79 Å². The lowest BCUT2D eigenvalue weighted by Crippen LogP contribution is -2.52. The largest absolute Gasteiger partial charge is 0.480 e. The van der Waals surface area contributed by atoms with E-state index in [1.165, 1.54) is 0 Å². The summed E-state index contributed by atoms with van der Waals surface area (Å²) in [5, 5.41) is 14.3. The summed E-state index contributed by atoms with van der Waals surface area (Å²) in [6.07, 6.45) is 3.98. The van der Waals surface area contributed by atoms with Crippen molar-refractivity contribution in [3.05, 3.63) is 0 Å². The Kier molecular flexibility index (Phi) is 7.39. The van der Waals surface area contributed by atoms with Gasteiger partial charge in [-0.1, -0.05) is 33.1 Å². The fourth-order valence-electron chi connectivity index (χ4n) is 1.85. The predicted molar refractivity (Wildman–Crippen MR) is 71.6 cm³/mol. The van der Waals surface area contributed by atoms with Crippen molar-refractivity contribution in [3.8, 4) is 0 Å². The van der Waals surface area contributed by atoms with Crippen LogP contribution in [-0.2, 0) is 4.79 Å². The van der Waals surface area contributed by atoms with Gasteiger partial charge in [0.05, 0.1) is 0 Å². The molecule has 0 rings (SSSR count). The average molecular weight is 258 g/mol. The molecule has 1 unspecified atom stereocenters. The van der Waals surface area contributed by atoms with Gasteiger partial charge in [-0.15, -0.1) is 0 Å².